The third-order valence-electron chi connectivity index (χ3n) is 4.98. The molecule has 1 atom stereocenters. The van der Waals surface area contributed by atoms with Gasteiger partial charge in [-0.05, 0) is 48.4 Å². The van der Waals surface area contributed by atoms with Crippen molar-refractivity contribution in [3.8, 4) is 11.5 Å². The van der Waals surface area contributed by atoms with Crippen LogP contribution in [-0.2, 0) is 12.8 Å². The number of aryl methyl sites for hydroxylation is 1. The van der Waals surface area contributed by atoms with E-state index in [1.54, 1.807) is 0 Å². The maximum Gasteiger partial charge on any atom is 0.265 e. The van der Waals surface area contributed by atoms with E-state index >= 15 is 0 Å². The van der Waals surface area contributed by atoms with Crippen molar-refractivity contribution < 1.29 is 19.8 Å². The van der Waals surface area contributed by atoms with Gasteiger partial charge in [0.25, 0.3) is 11.8 Å². The third kappa shape index (κ3) is 2.16. The maximum absolute atomic E-state index is 12.5. The summed E-state index contributed by atoms with van der Waals surface area (Å²) in [4.78, 5) is 26.2. The second-order valence-electron chi connectivity index (χ2n) is 6.45. The predicted octanol–water partition coefficient (Wildman–Crippen LogP) is 2.50. The number of rotatable bonds is 2. The number of amides is 2. The van der Waals surface area contributed by atoms with Gasteiger partial charge in [0.05, 0.1) is 11.1 Å². The molecule has 2 amide bonds. The van der Waals surface area contributed by atoms with Gasteiger partial charge >= 0.3 is 0 Å². The fourth-order valence-electron chi connectivity index (χ4n) is 3.70. The monoisotopic (exact) mass is 323 g/mol. The summed E-state index contributed by atoms with van der Waals surface area (Å²) in [6.45, 7) is 0.334. The van der Waals surface area contributed by atoms with E-state index in [1.807, 2.05) is 12.1 Å². The predicted molar refractivity (Wildman–Crippen MR) is 87.1 cm³/mol. The number of phenols is 2. The molecule has 0 aromatic heterocycles. The van der Waals surface area contributed by atoms with Crippen LogP contribution in [-0.4, -0.2) is 33.5 Å². The van der Waals surface area contributed by atoms with Gasteiger partial charge < -0.3 is 10.2 Å². The summed E-state index contributed by atoms with van der Waals surface area (Å²) >= 11 is 0. The minimum absolute atomic E-state index is 0.0868. The van der Waals surface area contributed by atoms with Crippen LogP contribution in [0.4, 0.5) is 0 Å². The van der Waals surface area contributed by atoms with Crippen LogP contribution in [0.15, 0.2) is 36.4 Å². The first kappa shape index (κ1) is 14.8. The van der Waals surface area contributed by atoms with E-state index in [4.69, 9.17) is 0 Å². The summed E-state index contributed by atoms with van der Waals surface area (Å²) in [6.07, 6.45) is 2.69. The molecule has 0 radical (unpaired) electrons. The molecule has 1 heterocycles. The molecule has 2 N–H and O–H groups in total. The van der Waals surface area contributed by atoms with Crippen LogP contribution in [0.1, 0.15) is 38.3 Å². The van der Waals surface area contributed by atoms with Crippen LogP contribution in [0.5, 0.6) is 11.5 Å². The van der Waals surface area contributed by atoms with Gasteiger partial charge in [0, 0.05) is 6.54 Å². The lowest BCUT2D eigenvalue weighted by atomic mass is 9.83. The molecule has 0 fully saturated rings. The molecule has 0 spiro atoms. The average molecular weight is 323 g/mol. The van der Waals surface area contributed by atoms with E-state index in [0.717, 1.165) is 19.3 Å². The number of hydrogen-bond acceptors (Lipinski definition) is 4. The molecule has 122 valence electrons. The molecule has 2 aliphatic rings. The standard InChI is InChI=1S/C19H17NO4/c21-15-8-7-14-16(17(15)22)19(24)20(18(14)23)10-11-5-6-12-3-1-2-4-13(12)9-11/h1-4,7-8,11,21-22H,5-6,9-10H2/t11-/m1/s1. The molecular formula is C19H17NO4. The van der Waals surface area contributed by atoms with Crippen molar-refractivity contribution >= 4 is 11.8 Å². The number of hydrogen-bond donors (Lipinski definition) is 2. The molecule has 24 heavy (non-hydrogen) atoms. The smallest absolute Gasteiger partial charge is 0.265 e. The van der Waals surface area contributed by atoms with Gasteiger partial charge in [-0.3, -0.25) is 14.5 Å². The topological polar surface area (TPSA) is 77.8 Å². The Kier molecular flexibility index (Phi) is 3.30. The normalized spacial score (nSPS) is 19.3. The second kappa shape index (κ2) is 5.37. The van der Waals surface area contributed by atoms with Gasteiger partial charge in [0.2, 0.25) is 0 Å². The lowest BCUT2D eigenvalue weighted by Gasteiger charge is -2.27. The molecule has 2 aromatic rings. The van der Waals surface area contributed by atoms with Crippen molar-refractivity contribution in [1.29, 1.82) is 0 Å². The zero-order chi connectivity index (χ0) is 16.8. The van der Waals surface area contributed by atoms with Crippen LogP contribution < -0.4 is 0 Å². The molecule has 5 heteroatoms. The first-order valence-corrected chi connectivity index (χ1v) is 8.04. The van der Waals surface area contributed by atoms with Crippen LogP contribution in [0, 0.1) is 5.92 Å². The summed E-state index contributed by atoms with van der Waals surface area (Å²) in [7, 11) is 0. The molecule has 1 aliphatic heterocycles. The van der Waals surface area contributed by atoms with Crippen LogP contribution in [0.2, 0.25) is 0 Å². The highest BCUT2D eigenvalue weighted by Gasteiger charge is 2.40. The highest BCUT2D eigenvalue weighted by molar-refractivity contribution is 6.22. The van der Waals surface area contributed by atoms with Crippen LogP contribution in [0.25, 0.3) is 0 Å². The summed E-state index contributed by atoms with van der Waals surface area (Å²) in [6, 6.07) is 10.9. The highest BCUT2D eigenvalue weighted by atomic mass is 16.3. The molecule has 4 rings (SSSR count). The SMILES string of the molecule is O=C1c2ccc(O)c(O)c2C(=O)N1C[C@@H]1CCc2ccccc2C1. The molecule has 0 saturated heterocycles. The Morgan fingerprint density at radius 2 is 1.75 bits per heavy atom. The van der Waals surface area contributed by atoms with Gasteiger partial charge in [-0.2, -0.15) is 0 Å². The maximum atomic E-state index is 12.5. The van der Waals surface area contributed by atoms with E-state index in [2.05, 4.69) is 12.1 Å². The van der Waals surface area contributed by atoms with Crippen molar-refractivity contribution in [2.45, 2.75) is 19.3 Å². The first-order valence-electron chi connectivity index (χ1n) is 8.04. The van der Waals surface area contributed by atoms with E-state index in [-0.39, 0.29) is 22.8 Å². The largest absolute Gasteiger partial charge is 0.504 e. The third-order valence-corrected chi connectivity index (χ3v) is 4.98. The zero-order valence-corrected chi connectivity index (χ0v) is 13.0. The Labute approximate surface area is 139 Å². The van der Waals surface area contributed by atoms with E-state index in [1.165, 1.54) is 28.2 Å². The van der Waals surface area contributed by atoms with Crippen LogP contribution in [0.3, 0.4) is 0 Å². The Morgan fingerprint density at radius 1 is 1.00 bits per heavy atom. The zero-order valence-electron chi connectivity index (χ0n) is 13.0. The number of nitrogens with zero attached hydrogens (tertiary/aromatic N) is 1. The van der Waals surface area contributed by atoms with Crippen molar-refractivity contribution in [2.24, 2.45) is 5.92 Å². The van der Waals surface area contributed by atoms with Gasteiger partial charge in [0.1, 0.15) is 0 Å². The van der Waals surface area contributed by atoms with Gasteiger partial charge in [-0.1, -0.05) is 24.3 Å². The fourth-order valence-corrected chi connectivity index (χ4v) is 3.70. The molecule has 5 nitrogen and oxygen atoms in total. The number of carbonyl (C=O) groups is 2. The molecular weight excluding hydrogens is 306 g/mol. The second-order valence-corrected chi connectivity index (χ2v) is 6.45. The number of fused-ring (bicyclic) bond motifs is 2. The van der Waals surface area contributed by atoms with Crippen molar-refractivity contribution in [3.05, 3.63) is 58.7 Å². The fraction of sp³-hybridized carbons (Fsp3) is 0.263. The summed E-state index contributed by atoms with van der Waals surface area (Å²) < 4.78 is 0. The molecule has 0 unspecified atom stereocenters. The lowest BCUT2D eigenvalue weighted by Crippen LogP contribution is -2.36. The first-order chi connectivity index (χ1) is 11.6. The Morgan fingerprint density at radius 3 is 2.54 bits per heavy atom. The van der Waals surface area contributed by atoms with Crippen molar-refractivity contribution in [1.82, 2.24) is 4.90 Å². The number of benzene rings is 2. The molecule has 0 saturated carbocycles. The molecule has 2 aromatic carbocycles. The Hall–Kier alpha value is -2.82. The Bertz CT molecular complexity index is 858. The summed E-state index contributed by atoms with van der Waals surface area (Å²) in [5.74, 6) is -1.62. The van der Waals surface area contributed by atoms with Crippen LogP contribution >= 0.6 is 0 Å². The number of imide groups is 1. The minimum atomic E-state index is -0.526. The van der Waals surface area contributed by atoms with E-state index < -0.39 is 17.6 Å². The van der Waals surface area contributed by atoms with E-state index in [0.29, 0.717) is 6.54 Å². The van der Waals surface area contributed by atoms with Gasteiger partial charge in [-0.25, -0.2) is 0 Å². The number of aromatic hydroxyl groups is 2. The summed E-state index contributed by atoms with van der Waals surface area (Å²) in [5.41, 5.74) is 2.67. The quantitative estimate of drug-likeness (QED) is 0.657. The molecule has 1 aliphatic carbocycles. The van der Waals surface area contributed by atoms with Gasteiger partial charge in [-0.15, -0.1) is 0 Å². The highest BCUT2D eigenvalue weighted by Crippen LogP contribution is 2.37. The lowest BCUT2D eigenvalue weighted by molar-refractivity contribution is 0.0623. The van der Waals surface area contributed by atoms with E-state index in [9.17, 15) is 19.8 Å². The number of phenolic OH excluding ortho intramolecular Hbond substituents is 2. The Balaban J connectivity index is 1.58. The van der Waals surface area contributed by atoms with Gasteiger partial charge in [0.15, 0.2) is 11.5 Å². The minimum Gasteiger partial charge on any atom is -0.504 e. The van der Waals surface area contributed by atoms with Crippen molar-refractivity contribution in [3.63, 3.8) is 0 Å². The molecule has 0 bridgehead atoms. The summed E-state index contributed by atoms with van der Waals surface area (Å²) in [5, 5.41) is 19.5. The average Bonchev–Trinajstić information content (AvgIpc) is 2.83. The number of carbonyl (C=O) groups excluding carboxylic acids is 2. The van der Waals surface area contributed by atoms with Crippen molar-refractivity contribution in [2.75, 3.05) is 6.54 Å².